The Morgan fingerprint density at radius 1 is 0.912 bits per heavy atom. The van der Waals surface area contributed by atoms with Crippen LogP contribution in [0, 0.1) is 11.8 Å². The molecule has 1 aromatic heterocycles. The highest BCUT2D eigenvalue weighted by Gasteiger charge is 2.48. The van der Waals surface area contributed by atoms with Crippen molar-refractivity contribution in [2.24, 2.45) is 11.8 Å². The van der Waals surface area contributed by atoms with E-state index in [1.807, 2.05) is 43.3 Å². The highest BCUT2D eigenvalue weighted by molar-refractivity contribution is 6.22. The van der Waals surface area contributed by atoms with E-state index in [1.165, 1.54) is 10.5 Å². The largest absolute Gasteiger partial charge is 0.322 e. The molecule has 0 unspecified atom stereocenters. The summed E-state index contributed by atoms with van der Waals surface area (Å²) in [6, 6.07) is 18.3. The molecular weight excluding hydrogens is 426 g/mol. The molecule has 1 saturated heterocycles. The lowest BCUT2D eigenvalue weighted by molar-refractivity contribution is -0.122. The van der Waals surface area contributed by atoms with Crippen LogP contribution in [0.15, 0.2) is 84.7 Å². The number of amides is 3. The number of rotatable bonds is 5. The Labute approximate surface area is 198 Å². The number of carbonyl (C=O) groups is 3. The average molecular weight is 452 g/mol. The molecule has 34 heavy (non-hydrogen) atoms. The maximum atomic E-state index is 12.9. The monoisotopic (exact) mass is 451 g/mol. The zero-order valence-electron chi connectivity index (χ0n) is 18.9. The predicted molar refractivity (Wildman–Crippen MR) is 130 cm³/mol. The van der Waals surface area contributed by atoms with Gasteiger partial charge in [0.05, 0.1) is 17.5 Å². The number of fused-ring (bicyclic) bond motifs is 1. The van der Waals surface area contributed by atoms with Gasteiger partial charge in [-0.2, -0.15) is 0 Å². The summed E-state index contributed by atoms with van der Waals surface area (Å²) in [7, 11) is 0. The number of imide groups is 1. The van der Waals surface area contributed by atoms with Gasteiger partial charge in [0.1, 0.15) is 0 Å². The van der Waals surface area contributed by atoms with Crippen LogP contribution < -0.4 is 10.2 Å². The number of benzene rings is 2. The van der Waals surface area contributed by atoms with E-state index in [2.05, 4.69) is 16.4 Å². The molecule has 3 amide bonds. The number of allylic oxidation sites excluding steroid dienone is 2. The van der Waals surface area contributed by atoms with E-state index in [0.717, 1.165) is 17.6 Å². The summed E-state index contributed by atoms with van der Waals surface area (Å²) in [5.74, 6) is -1.10. The minimum atomic E-state index is -0.277. The van der Waals surface area contributed by atoms with Crippen LogP contribution in [0.2, 0.25) is 0 Å². The number of nitrogens with zero attached hydrogens (tertiary/aromatic N) is 2. The number of nitrogens with one attached hydrogen (secondary N) is 1. The Morgan fingerprint density at radius 2 is 1.56 bits per heavy atom. The molecule has 170 valence electrons. The lowest BCUT2D eigenvalue weighted by Gasteiger charge is -2.18. The normalized spacial score (nSPS) is 19.6. The van der Waals surface area contributed by atoms with Crippen LogP contribution in [-0.2, 0) is 16.0 Å². The van der Waals surface area contributed by atoms with E-state index in [4.69, 9.17) is 0 Å². The second-order valence-electron chi connectivity index (χ2n) is 8.95. The van der Waals surface area contributed by atoms with Gasteiger partial charge in [0.15, 0.2) is 0 Å². The first kappa shape index (κ1) is 21.8. The maximum Gasteiger partial charge on any atom is 0.255 e. The first-order chi connectivity index (χ1) is 16.5. The number of hydrogen-bond acceptors (Lipinski definition) is 4. The molecule has 2 aliphatic rings. The Bertz CT molecular complexity index is 1260. The first-order valence-corrected chi connectivity index (χ1v) is 11.4. The Hall–Kier alpha value is -4.06. The molecule has 2 aromatic carbocycles. The molecular formula is C28H25N3O3. The molecule has 1 N–H and O–H groups in total. The Kier molecular flexibility index (Phi) is 5.80. The lowest BCUT2D eigenvalue weighted by atomic mass is 9.82. The third-order valence-electron chi connectivity index (χ3n) is 6.58. The molecule has 6 heteroatoms. The minimum absolute atomic E-state index is 0.147. The fraction of sp³-hybridized carbons (Fsp3) is 0.214. The SMILES string of the molecule is CC1=CC[C@H]2C(=O)N(c3ccc(C(=O)Nc4ccc(Cc5ccncc5)cc4)cc3)C(=O)[C@@H]2C1. The summed E-state index contributed by atoms with van der Waals surface area (Å²) in [5.41, 5.74) is 5.13. The van der Waals surface area contributed by atoms with Crippen LogP contribution in [-0.4, -0.2) is 22.7 Å². The molecule has 1 aliphatic heterocycles. The highest BCUT2D eigenvalue weighted by atomic mass is 16.2. The number of aromatic nitrogens is 1. The van der Waals surface area contributed by atoms with Crippen molar-refractivity contribution in [2.75, 3.05) is 10.2 Å². The van der Waals surface area contributed by atoms with Crippen molar-refractivity contribution in [3.8, 4) is 0 Å². The molecule has 6 nitrogen and oxygen atoms in total. The molecule has 0 spiro atoms. The molecule has 3 aromatic rings. The highest BCUT2D eigenvalue weighted by Crippen LogP contribution is 2.39. The van der Waals surface area contributed by atoms with Crippen LogP contribution in [0.5, 0.6) is 0 Å². The predicted octanol–water partition coefficient (Wildman–Crippen LogP) is 4.77. The molecule has 0 radical (unpaired) electrons. The van der Waals surface area contributed by atoms with Crippen molar-refractivity contribution in [2.45, 2.75) is 26.2 Å². The zero-order chi connectivity index (χ0) is 23.7. The van der Waals surface area contributed by atoms with Gasteiger partial charge in [-0.15, -0.1) is 0 Å². The topological polar surface area (TPSA) is 79.4 Å². The summed E-state index contributed by atoms with van der Waals surface area (Å²) in [4.78, 5) is 43.8. The van der Waals surface area contributed by atoms with Crippen molar-refractivity contribution in [1.29, 1.82) is 0 Å². The number of pyridine rings is 1. The fourth-order valence-corrected chi connectivity index (χ4v) is 4.70. The summed E-state index contributed by atoms with van der Waals surface area (Å²) >= 11 is 0. The second kappa shape index (κ2) is 9.06. The van der Waals surface area contributed by atoms with Gasteiger partial charge in [0.2, 0.25) is 11.8 Å². The van der Waals surface area contributed by atoms with Crippen LogP contribution in [0.3, 0.4) is 0 Å². The molecule has 0 saturated carbocycles. The molecule has 1 fully saturated rings. The van der Waals surface area contributed by atoms with Gasteiger partial charge in [0, 0.05) is 23.6 Å². The number of hydrogen-bond donors (Lipinski definition) is 1. The van der Waals surface area contributed by atoms with Gasteiger partial charge in [-0.1, -0.05) is 23.8 Å². The summed E-state index contributed by atoms with van der Waals surface area (Å²) in [6.07, 6.45) is 7.64. The van der Waals surface area contributed by atoms with E-state index in [9.17, 15) is 14.4 Å². The molecule has 5 rings (SSSR count). The molecule has 1 aliphatic carbocycles. The van der Waals surface area contributed by atoms with Crippen molar-refractivity contribution in [1.82, 2.24) is 4.98 Å². The second-order valence-corrected chi connectivity index (χ2v) is 8.95. The quantitative estimate of drug-likeness (QED) is 0.448. The minimum Gasteiger partial charge on any atom is -0.322 e. The van der Waals surface area contributed by atoms with E-state index in [-0.39, 0.29) is 29.6 Å². The summed E-state index contributed by atoms with van der Waals surface area (Å²) < 4.78 is 0. The number of anilines is 2. The van der Waals surface area contributed by atoms with E-state index in [0.29, 0.717) is 29.8 Å². The third kappa shape index (κ3) is 4.27. The van der Waals surface area contributed by atoms with Crippen LogP contribution in [0.1, 0.15) is 41.3 Å². The van der Waals surface area contributed by atoms with Gasteiger partial charge in [-0.3, -0.25) is 24.3 Å². The maximum absolute atomic E-state index is 12.9. The van der Waals surface area contributed by atoms with Gasteiger partial charge in [-0.05, 0) is 85.8 Å². The van der Waals surface area contributed by atoms with E-state index in [1.54, 1.807) is 36.7 Å². The molecule has 2 heterocycles. The Morgan fingerprint density at radius 3 is 2.26 bits per heavy atom. The van der Waals surface area contributed by atoms with Gasteiger partial charge >= 0.3 is 0 Å². The number of carbonyl (C=O) groups excluding carboxylic acids is 3. The third-order valence-corrected chi connectivity index (χ3v) is 6.58. The van der Waals surface area contributed by atoms with Crippen LogP contribution >= 0.6 is 0 Å². The first-order valence-electron chi connectivity index (χ1n) is 11.4. The standard InChI is InChI=1S/C28H25N3O3/c1-18-2-11-24-25(16-18)28(34)31(27(24)33)23-9-5-21(6-10-23)26(32)30-22-7-3-19(4-8-22)17-20-12-14-29-15-13-20/h2-10,12-15,24-25H,11,16-17H2,1H3,(H,30,32)/t24-,25-/m1/s1. The van der Waals surface area contributed by atoms with Crippen molar-refractivity contribution < 1.29 is 14.4 Å². The van der Waals surface area contributed by atoms with E-state index < -0.39 is 0 Å². The van der Waals surface area contributed by atoms with Crippen molar-refractivity contribution in [3.63, 3.8) is 0 Å². The van der Waals surface area contributed by atoms with Gasteiger partial charge in [-0.25, -0.2) is 0 Å². The average Bonchev–Trinajstić information content (AvgIpc) is 3.10. The van der Waals surface area contributed by atoms with Crippen molar-refractivity contribution in [3.05, 3.63) is 101 Å². The molecule has 0 bridgehead atoms. The van der Waals surface area contributed by atoms with Crippen LogP contribution in [0.25, 0.3) is 0 Å². The van der Waals surface area contributed by atoms with Crippen molar-refractivity contribution >= 4 is 29.1 Å². The zero-order valence-corrected chi connectivity index (χ0v) is 18.9. The molecule has 2 atom stereocenters. The van der Waals surface area contributed by atoms with Gasteiger partial charge < -0.3 is 5.32 Å². The fourth-order valence-electron chi connectivity index (χ4n) is 4.70. The van der Waals surface area contributed by atoms with Crippen LogP contribution in [0.4, 0.5) is 11.4 Å². The van der Waals surface area contributed by atoms with Gasteiger partial charge in [0.25, 0.3) is 5.91 Å². The Balaban J connectivity index is 1.24. The smallest absolute Gasteiger partial charge is 0.255 e. The lowest BCUT2D eigenvalue weighted by Crippen LogP contribution is -2.30. The summed E-state index contributed by atoms with van der Waals surface area (Å²) in [5, 5.41) is 2.90. The summed E-state index contributed by atoms with van der Waals surface area (Å²) in [6.45, 7) is 2.00. The van der Waals surface area contributed by atoms with E-state index >= 15 is 0 Å².